The summed E-state index contributed by atoms with van der Waals surface area (Å²) in [6.07, 6.45) is 6.31. The average Bonchev–Trinajstić information content (AvgIpc) is 2.48. The molecule has 1 atom stereocenters. The van der Waals surface area contributed by atoms with Crippen molar-refractivity contribution in [1.29, 1.82) is 0 Å². The quantitative estimate of drug-likeness (QED) is 0.936. The van der Waals surface area contributed by atoms with Gasteiger partial charge in [0.15, 0.2) is 0 Å². The van der Waals surface area contributed by atoms with Crippen LogP contribution < -0.4 is 5.32 Å². The number of nitrogens with one attached hydrogen (secondary N) is 1. The smallest absolute Gasteiger partial charge is 0.132 e. The highest BCUT2D eigenvalue weighted by Crippen LogP contribution is 2.23. The van der Waals surface area contributed by atoms with Crippen molar-refractivity contribution in [3.05, 3.63) is 58.7 Å². The van der Waals surface area contributed by atoms with E-state index in [1.165, 1.54) is 28.8 Å². The van der Waals surface area contributed by atoms with Crippen LogP contribution in [0.25, 0.3) is 0 Å². The van der Waals surface area contributed by atoms with Gasteiger partial charge >= 0.3 is 0 Å². The summed E-state index contributed by atoms with van der Waals surface area (Å²) in [6, 6.07) is 8.59. The van der Waals surface area contributed by atoms with Gasteiger partial charge in [0, 0.05) is 18.3 Å². The average molecular weight is 281 g/mol. The summed E-state index contributed by atoms with van der Waals surface area (Å²) in [4.78, 5) is 9.38. The van der Waals surface area contributed by atoms with Crippen molar-refractivity contribution in [2.75, 3.05) is 13.6 Å². The minimum Gasteiger partial charge on any atom is -0.319 e. The molecular weight excluding hydrogens is 258 g/mol. The summed E-state index contributed by atoms with van der Waals surface area (Å²) in [5.41, 5.74) is 5.19. The number of aromatic nitrogens is 2. The third-order valence-corrected chi connectivity index (χ3v) is 4.24. The summed E-state index contributed by atoms with van der Waals surface area (Å²) in [7, 11) is 2.02. The third kappa shape index (κ3) is 3.48. The molecule has 0 amide bonds. The van der Waals surface area contributed by atoms with Gasteiger partial charge in [0.1, 0.15) is 5.82 Å². The van der Waals surface area contributed by atoms with E-state index in [9.17, 15) is 0 Å². The predicted molar refractivity (Wildman–Crippen MR) is 85.5 cm³/mol. The Morgan fingerprint density at radius 1 is 1.33 bits per heavy atom. The van der Waals surface area contributed by atoms with Gasteiger partial charge in [-0.1, -0.05) is 29.8 Å². The molecular formula is C18H23N3. The molecule has 0 spiro atoms. The number of rotatable bonds is 4. The Hall–Kier alpha value is -1.74. The fourth-order valence-electron chi connectivity index (χ4n) is 3.18. The Balaban J connectivity index is 1.75. The molecule has 3 nitrogen and oxygen atoms in total. The van der Waals surface area contributed by atoms with Crippen molar-refractivity contribution < 1.29 is 0 Å². The van der Waals surface area contributed by atoms with Crippen LogP contribution in [-0.2, 0) is 19.3 Å². The van der Waals surface area contributed by atoms with E-state index in [0.717, 1.165) is 37.5 Å². The molecule has 1 unspecified atom stereocenters. The highest BCUT2D eigenvalue weighted by molar-refractivity contribution is 5.27. The van der Waals surface area contributed by atoms with Crippen molar-refractivity contribution in [2.24, 2.45) is 5.92 Å². The number of hydrogen-bond donors (Lipinski definition) is 1. The second kappa shape index (κ2) is 6.35. The Bertz CT molecular complexity index is 622. The van der Waals surface area contributed by atoms with Crippen LogP contribution in [0.15, 0.2) is 30.5 Å². The summed E-state index contributed by atoms with van der Waals surface area (Å²) in [5, 5.41) is 3.28. The van der Waals surface area contributed by atoms with E-state index in [1.807, 2.05) is 7.05 Å². The second-order valence-corrected chi connectivity index (χ2v) is 6.09. The lowest BCUT2D eigenvalue weighted by atomic mass is 9.87. The fraction of sp³-hybridized carbons (Fsp3) is 0.444. The molecule has 1 aliphatic carbocycles. The lowest BCUT2D eigenvalue weighted by Crippen LogP contribution is -2.25. The zero-order valence-corrected chi connectivity index (χ0v) is 12.9. The number of nitrogens with zero attached hydrogens (tertiary/aromatic N) is 2. The van der Waals surface area contributed by atoms with Crippen LogP contribution in [0.2, 0.25) is 0 Å². The van der Waals surface area contributed by atoms with E-state index >= 15 is 0 Å². The largest absolute Gasteiger partial charge is 0.319 e. The Morgan fingerprint density at radius 3 is 3.05 bits per heavy atom. The normalized spacial score (nSPS) is 17.5. The molecule has 3 heteroatoms. The minimum atomic E-state index is 0.730. The molecule has 21 heavy (non-hydrogen) atoms. The van der Waals surface area contributed by atoms with Crippen molar-refractivity contribution in [2.45, 2.75) is 32.6 Å². The maximum Gasteiger partial charge on any atom is 0.132 e. The molecule has 0 radical (unpaired) electrons. The van der Waals surface area contributed by atoms with Gasteiger partial charge in [-0.2, -0.15) is 0 Å². The highest BCUT2D eigenvalue weighted by Gasteiger charge is 2.19. The number of hydrogen-bond acceptors (Lipinski definition) is 3. The molecule has 1 heterocycles. The first-order valence-electron chi connectivity index (χ1n) is 7.78. The summed E-state index contributed by atoms with van der Waals surface area (Å²) in [5.74, 6) is 1.68. The molecule has 1 aliphatic rings. The van der Waals surface area contributed by atoms with Crippen LogP contribution in [0.4, 0.5) is 0 Å². The molecule has 110 valence electrons. The van der Waals surface area contributed by atoms with Crippen LogP contribution in [0.3, 0.4) is 0 Å². The minimum absolute atomic E-state index is 0.730. The van der Waals surface area contributed by atoms with Gasteiger partial charge in [-0.05, 0) is 56.8 Å². The fourth-order valence-corrected chi connectivity index (χ4v) is 3.18. The topological polar surface area (TPSA) is 37.8 Å². The van der Waals surface area contributed by atoms with Crippen LogP contribution in [0, 0.1) is 12.8 Å². The van der Waals surface area contributed by atoms with Gasteiger partial charge in [-0.15, -0.1) is 0 Å². The summed E-state index contributed by atoms with van der Waals surface area (Å²) >= 11 is 0. The Morgan fingerprint density at radius 2 is 2.24 bits per heavy atom. The zero-order chi connectivity index (χ0) is 14.7. The van der Waals surface area contributed by atoms with Crippen LogP contribution in [0.1, 0.15) is 34.6 Å². The maximum absolute atomic E-state index is 4.80. The first-order valence-corrected chi connectivity index (χ1v) is 7.78. The van der Waals surface area contributed by atoms with E-state index in [-0.39, 0.29) is 0 Å². The first-order chi connectivity index (χ1) is 10.2. The van der Waals surface area contributed by atoms with Gasteiger partial charge in [0.25, 0.3) is 0 Å². The number of fused-ring (bicyclic) bond motifs is 1. The van der Waals surface area contributed by atoms with E-state index in [1.54, 1.807) is 0 Å². The molecule has 1 aromatic carbocycles. The predicted octanol–water partition coefficient (Wildman–Crippen LogP) is 2.70. The Labute approximate surface area is 126 Å². The first kappa shape index (κ1) is 14.2. The molecule has 3 rings (SSSR count). The Kier molecular flexibility index (Phi) is 4.30. The number of benzene rings is 1. The van der Waals surface area contributed by atoms with Crippen LogP contribution >= 0.6 is 0 Å². The van der Waals surface area contributed by atoms with Gasteiger partial charge in [0.2, 0.25) is 0 Å². The molecule has 0 aliphatic heterocycles. The standard InChI is InChI=1S/C18H23N3/c1-13-4-3-5-14(8-13)10-18-20-12-16-9-15(11-19-2)6-7-17(16)21-18/h3-5,8,12,15,19H,6-7,9-11H2,1-2H3. The third-order valence-electron chi connectivity index (χ3n) is 4.24. The molecule has 0 saturated carbocycles. The van der Waals surface area contributed by atoms with E-state index in [4.69, 9.17) is 4.98 Å². The van der Waals surface area contributed by atoms with Gasteiger partial charge in [-0.3, -0.25) is 0 Å². The SMILES string of the molecule is CNCC1CCc2nc(Cc3cccc(C)c3)ncc2C1. The van der Waals surface area contributed by atoms with E-state index in [0.29, 0.717) is 0 Å². The van der Waals surface area contributed by atoms with Gasteiger partial charge < -0.3 is 5.32 Å². The molecule has 0 fully saturated rings. The van der Waals surface area contributed by atoms with Crippen molar-refractivity contribution in [1.82, 2.24) is 15.3 Å². The van der Waals surface area contributed by atoms with Crippen molar-refractivity contribution >= 4 is 0 Å². The van der Waals surface area contributed by atoms with Gasteiger partial charge in [-0.25, -0.2) is 9.97 Å². The molecule has 0 saturated heterocycles. The lowest BCUT2D eigenvalue weighted by Gasteiger charge is -2.23. The molecule has 1 N–H and O–H groups in total. The van der Waals surface area contributed by atoms with Crippen LogP contribution in [-0.4, -0.2) is 23.6 Å². The van der Waals surface area contributed by atoms with Crippen molar-refractivity contribution in [3.8, 4) is 0 Å². The van der Waals surface area contributed by atoms with Crippen LogP contribution in [0.5, 0.6) is 0 Å². The van der Waals surface area contributed by atoms with Gasteiger partial charge in [0.05, 0.1) is 0 Å². The number of aryl methyl sites for hydroxylation is 2. The maximum atomic E-state index is 4.80. The lowest BCUT2D eigenvalue weighted by molar-refractivity contribution is 0.433. The van der Waals surface area contributed by atoms with E-state index < -0.39 is 0 Å². The molecule has 1 aromatic heterocycles. The summed E-state index contributed by atoms with van der Waals surface area (Å²) in [6.45, 7) is 3.21. The monoisotopic (exact) mass is 281 g/mol. The summed E-state index contributed by atoms with van der Waals surface area (Å²) < 4.78 is 0. The second-order valence-electron chi connectivity index (χ2n) is 6.09. The highest BCUT2D eigenvalue weighted by atomic mass is 14.9. The van der Waals surface area contributed by atoms with Crippen molar-refractivity contribution in [3.63, 3.8) is 0 Å². The van der Waals surface area contributed by atoms with E-state index in [2.05, 4.69) is 47.7 Å². The molecule has 0 bridgehead atoms. The zero-order valence-electron chi connectivity index (χ0n) is 12.9. The molecule has 2 aromatic rings.